The number of hydrogen-bond acceptors (Lipinski definition) is 1. The second kappa shape index (κ2) is 9.21. The maximum absolute atomic E-state index is 10.5. The predicted octanol–water partition coefficient (Wildman–Crippen LogP) is 5.43. The minimum absolute atomic E-state index is 0.162. The first kappa shape index (κ1) is 18.2. The van der Waals surface area contributed by atoms with Gasteiger partial charge in [-0.25, -0.2) is 0 Å². The van der Waals surface area contributed by atoms with E-state index in [9.17, 15) is 5.11 Å². The molecule has 0 aromatic heterocycles. The molecule has 0 aliphatic heterocycles. The Kier molecular flexibility index (Phi) is 7.98. The second-order valence-corrected chi connectivity index (χ2v) is 12.5. The summed E-state index contributed by atoms with van der Waals surface area (Å²) in [5.41, 5.74) is 1.76. The highest BCUT2D eigenvalue weighted by molar-refractivity contribution is 6.78. The van der Waals surface area contributed by atoms with Crippen LogP contribution < -0.4 is 0 Å². The van der Waals surface area contributed by atoms with Crippen molar-refractivity contribution >= 4 is 8.07 Å². The van der Waals surface area contributed by atoms with Crippen LogP contribution in [0.5, 0.6) is 0 Å². The normalized spacial score (nSPS) is 15.3. The Morgan fingerprint density at radius 2 is 1.81 bits per heavy atom. The molecule has 0 saturated heterocycles. The highest BCUT2D eigenvalue weighted by atomic mass is 28.3. The van der Waals surface area contributed by atoms with Crippen molar-refractivity contribution in [2.75, 3.05) is 0 Å². The van der Waals surface area contributed by atoms with E-state index in [-0.39, 0.29) is 6.10 Å². The lowest BCUT2D eigenvalue weighted by molar-refractivity contribution is 0.162. The summed E-state index contributed by atoms with van der Waals surface area (Å²) in [6.07, 6.45) is 9.79. The number of allylic oxidation sites excluding steroid dienone is 1. The third-order valence-electron chi connectivity index (χ3n) is 4.05. The largest absolute Gasteiger partial charge is 0.393 e. The molecule has 0 aliphatic carbocycles. The molecule has 1 rings (SSSR count). The van der Waals surface area contributed by atoms with E-state index >= 15 is 0 Å². The van der Waals surface area contributed by atoms with Gasteiger partial charge in [-0.1, -0.05) is 81.9 Å². The first-order chi connectivity index (χ1) is 9.95. The maximum atomic E-state index is 10.5. The van der Waals surface area contributed by atoms with Gasteiger partial charge in [0, 0.05) is 0 Å². The summed E-state index contributed by atoms with van der Waals surface area (Å²) in [4.78, 5) is 0. The van der Waals surface area contributed by atoms with Gasteiger partial charge in [0.2, 0.25) is 0 Å². The number of unbranched alkanes of at least 4 members (excludes halogenated alkanes) is 1. The molecule has 0 fully saturated rings. The van der Waals surface area contributed by atoms with Gasteiger partial charge in [0.05, 0.1) is 14.2 Å². The third-order valence-corrected chi connectivity index (χ3v) is 6.63. The zero-order chi connectivity index (χ0) is 15.7. The molecule has 0 bridgehead atoms. The van der Waals surface area contributed by atoms with Crippen LogP contribution in [0.3, 0.4) is 0 Å². The zero-order valence-corrected chi connectivity index (χ0v) is 15.2. The van der Waals surface area contributed by atoms with Crippen molar-refractivity contribution < 1.29 is 5.11 Å². The minimum Gasteiger partial charge on any atom is -0.393 e. The Morgan fingerprint density at radius 1 is 1.14 bits per heavy atom. The van der Waals surface area contributed by atoms with Crippen molar-refractivity contribution in [3.63, 3.8) is 0 Å². The first-order valence-corrected chi connectivity index (χ1v) is 11.9. The van der Waals surface area contributed by atoms with Gasteiger partial charge in [-0.2, -0.15) is 0 Å². The Morgan fingerprint density at radius 3 is 2.38 bits per heavy atom. The van der Waals surface area contributed by atoms with Crippen LogP contribution in [0.1, 0.15) is 38.2 Å². The van der Waals surface area contributed by atoms with Crippen molar-refractivity contribution in [2.24, 2.45) is 0 Å². The number of aryl methyl sites for hydroxylation is 1. The Labute approximate surface area is 132 Å². The highest BCUT2D eigenvalue weighted by Gasteiger charge is 2.30. The molecule has 0 radical (unpaired) electrons. The molecule has 0 saturated carbocycles. The van der Waals surface area contributed by atoms with Gasteiger partial charge in [0.1, 0.15) is 0 Å². The smallest absolute Gasteiger partial charge is 0.0578 e. The lowest BCUT2D eigenvalue weighted by Crippen LogP contribution is -2.35. The molecule has 21 heavy (non-hydrogen) atoms. The van der Waals surface area contributed by atoms with Crippen LogP contribution in [-0.4, -0.2) is 19.3 Å². The fourth-order valence-corrected chi connectivity index (χ4v) is 4.76. The van der Waals surface area contributed by atoms with Crippen molar-refractivity contribution in [1.29, 1.82) is 0 Å². The molecule has 0 amide bonds. The fraction of sp³-hybridized carbons (Fsp3) is 0.579. The number of benzene rings is 1. The van der Waals surface area contributed by atoms with Crippen LogP contribution in [0.4, 0.5) is 0 Å². The Balaban J connectivity index is 2.54. The summed E-state index contributed by atoms with van der Waals surface area (Å²) >= 11 is 0. The molecular weight excluding hydrogens is 272 g/mol. The number of rotatable bonds is 9. The van der Waals surface area contributed by atoms with Crippen molar-refractivity contribution in [1.82, 2.24) is 0 Å². The van der Waals surface area contributed by atoms with Crippen molar-refractivity contribution in [3.05, 3.63) is 48.0 Å². The number of aliphatic hydroxyl groups excluding tert-OH is 1. The van der Waals surface area contributed by atoms with E-state index in [1.54, 1.807) is 0 Å². The summed E-state index contributed by atoms with van der Waals surface area (Å²) in [5.74, 6) is 0. The highest BCUT2D eigenvalue weighted by Crippen LogP contribution is 2.30. The monoisotopic (exact) mass is 304 g/mol. The lowest BCUT2D eigenvalue weighted by Gasteiger charge is -2.30. The van der Waals surface area contributed by atoms with Gasteiger partial charge in [0.15, 0.2) is 0 Å². The van der Waals surface area contributed by atoms with Crippen LogP contribution >= 0.6 is 0 Å². The maximum Gasteiger partial charge on any atom is 0.0578 e. The molecule has 2 atom stereocenters. The third kappa shape index (κ3) is 7.10. The Hall–Kier alpha value is -0.863. The van der Waals surface area contributed by atoms with E-state index in [2.05, 4.69) is 69.0 Å². The SMILES string of the molecule is CCCC[C@@H](O)[C@H](/C=C/CCc1ccccc1)[Si](C)(C)C. The molecule has 0 aliphatic rings. The summed E-state index contributed by atoms with van der Waals surface area (Å²) < 4.78 is 0. The average Bonchev–Trinajstić information content (AvgIpc) is 2.44. The summed E-state index contributed by atoms with van der Waals surface area (Å²) in [6.45, 7) is 9.25. The van der Waals surface area contributed by atoms with Gasteiger partial charge < -0.3 is 5.11 Å². The second-order valence-electron chi connectivity index (χ2n) is 7.05. The number of hydrogen-bond donors (Lipinski definition) is 1. The topological polar surface area (TPSA) is 20.2 Å². The standard InChI is InChI=1S/C19H32OSi/c1-5-6-15-18(20)19(21(2,3)4)16-11-10-14-17-12-8-7-9-13-17/h7-9,11-13,16,18-20H,5-6,10,14-15H2,1-4H3/b16-11+/t18-,19+/m1/s1. The van der Waals surface area contributed by atoms with Gasteiger partial charge in [-0.15, -0.1) is 0 Å². The summed E-state index contributed by atoms with van der Waals surface area (Å²) in [7, 11) is -1.37. The molecule has 2 heteroatoms. The summed E-state index contributed by atoms with van der Waals surface area (Å²) in [6, 6.07) is 10.6. The Bertz CT molecular complexity index is 405. The quantitative estimate of drug-likeness (QED) is 0.476. The van der Waals surface area contributed by atoms with E-state index < -0.39 is 8.07 Å². The van der Waals surface area contributed by atoms with E-state index in [0.29, 0.717) is 5.54 Å². The van der Waals surface area contributed by atoms with Crippen LogP contribution in [0, 0.1) is 0 Å². The van der Waals surface area contributed by atoms with E-state index in [0.717, 1.165) is 32.1 Å². The molecule has 1 nitrogen and oxygen atoms in total. The molecule has 1 N–H and O–H groups in total. The first-order valence-electron chi connectivity index (χ1n) is 8.33. The predicted molar refractivity (Wildman–Crippen MR) is 96.5 cm³/mol. The molecule has 0 spiro atoms. The van der Waals surface area contributed by atoms with Gasteiger partial charge in [-0.05, 0) is 30.4 Å². The van der Waals surface area contributed by atoms with Crippen LogP contribution in [0.25, 0.3) is 0 Å². The number of aliphatic hydroxyl groups is 1. The molecule has 0 unspecified atom stereocenters. The molecule has 118 valence electrons. The van der Waals surface area contributed by atoms with Crippen molar-refractivity contribution in [3.8, 4) is 0 Å². The lowest BCUT2D eigenvalue weighted by atomic mass is 10.1. The zero-order valence-electron chi connectivity index (χ0n) is 14.2. The molecule has 1 aromatic rings. The van der Waals surface area contributed by atoms with E-state index in [4.69, 9.17) is 0 Å². The van der Waals surface area contributed by atoms with Gasteiger partial charge in [-0.3, -0.25) is 0 Å². The van der Waals surface area contributed by atoms with Crippen LogP contribution in [-0.2, 0) is 6.42 Å². The van der Waals surface area contributed by atoms with E-state index in [1.807, 2.05) is 0 Å². The van der Waals surface area contributed by atoms with E-state index in [1.165, 1.54) is 5.56 Å². The molecule has 1 aromatic carbocycles. The average molecular weight is 305 g/mol. The van der Waals surface area contributed by atoms with Crippen LogP contribution in [0.15, 0.2) is 42.5 Å². The fourth-order valence-electron chi connectivity index (χ4n) is 2.72. The molecule has 0 heterocycles. The molecular formula is C19H32OSi. The van der Waals surface area contributed by atoms with Gasteiger partial charge in [0.25, 0.3) is 0 Å². The van der Waals surface area contributed by atoms with Gasteiger partial charge >= 0.3 is 0 Å². The van der Waals surface area contributed by atoms with Crippen LogP contribution in [0.2, 0.25) is 25.2 Å². The summed E-state index contributed by atoms with van der Waals surface area (Å²) in [5, 5.41) is 10.5. The minimum atomic E-state index is -1.37. The van der Waals surface area contributed by atoms with Crippen molar-refractivity contribution in [2.45, 2.75) is 70.3 Å².